The first kappa shape index (κ1) is 21.6. The minimum absolute atomic E-state index is 0.222. The summed E-state index contributed by atoms with van der Waals surface area (Å²) in [5.41, 5.74) is 3.35. The molecule has 5 nitrogen and oxygen atoms in total. The van der Waals surface area contributed by atoms with Crippen LogP contribution in [0.2, 0.25) is 5.02 Å². The third-order valence-corrected chi connectivity index (χ3v) is 5.19. The van der Waals surface area contributed by atoms with Crippen molar-refractivity contribution >= 4 is 35.0 Å². The molecule has 3 aromatic rings. The Morgan fingerprint density at radius 1 is 1.03 bits per heavy atom. The third kappa shape index (κ3) is 4.65. The molecule has 1 amide bonds. The largest absolute Gasteiger partial charge is 0.493 e. The molecule has 0 radical (unpaired) electrons. The van der Waals surface area contributed by atoms with E-state index in [1.807, 2.05) is 6.07 Å². The number of anilines is 1. The van der Waals surface area contributed by atoms with Gasteiger partial charge in [0, 0.05) is 5.02 Å². The SMILES string of the molecule is COc1cc(/C=C2/C(=O)N(c3ccc(Cl)cc3)N=C2C)ccc1OCc1ccc(F)cc1. The monoisotopic (exact) mass is 450 g/mol. The zero-order valence-corrected chi connectivity index (χ0v) is 18.3. The van der Waals surface area contributed by atoms with Crippen LogP contribution in [0.3, 0.4) is 0 Å². The average Bonchev–Trinajstić information content (AvgIpc) is 3.08. The fraction of sp³-hybridized carbons (Fsp3) is 0.120. The molecule has 0 aromatic heterocycles. The number of hydrogen-bond acceptors (Lipinski definition) is 4. The molecule has 0 spiro atoms. The molecule has 0 saturated heterocycles. The van der Waals surface area contributed by atoms with Gasteiger partial charge in [0.2, 0.25) is 0 Å². The number of ether oxygens (including phenoxy) is 2. The van der Waals surface area contributed by atoms with Crippen LogP contribution in [0.1, 0.15) is 18.1 Å². The lowest BCUT2D eigenvalue weighted by Crippen LogP contribution is -2.21. The van der Waals surface area contributed by atoms with Crippen molar-refractivity contribution in [2.45, 2.75) is 13.5 Å². The lowest BCUT2D eigenvalue weighted by atomic mass is 10.1. The first-order valence-electron chi connectivity index (χ1n) is 9.87. The van der Waals surface area contributed by atoms with Gasteiger partial charge < -0.3 is 9.47 Å². The lowest BCUT2D eigenvalue weighted by molar-refractivity contribution is -0.114. The number of nitrogens with zero attached hydrogens (tertiary/aromatic N) is 2. The molecular weight excluding hydrogens is 431 g/mol. The number of hydrazone groups is 1. The second-order valence-corrected chi connectivity index (χ2v) is 7.60. The van der Waals surface area contributed by atoms with E-state index in [0.29, 0.717) is 33.5 Å². The maximum Gasteiger partial charge on any atom is 0.280 e. The van der Waals surface area contributed by atoms with Crippen molar-refractivity contribution < 1.29 is 18.7 Å². The number of methoxy groups -OCH3 is 1. The van der Waals surface area contributed by atoms with Crippen LogP contribution in [0.25, 0.3) is 6.08 Å². The smallest absolute Gasteiger partial charge is 0.280 e. The van der Waals surface area contributed by atoms with E-state index in [-0.39, 0.29) is 18.3 Å². The minimum atomic E-state index is -0.293. The molecule has 0 unspecified atom stereocenters. The highest BCUT2D eigenvalue weighted by Crippen LogP contribution is 2.31. The highest BCUT2D eigenvalue weighted by atomic mass is 35.5. The molecule has 0 fully saturated rings. The van der Waals surface area contributed by atoms with E-state index >= 15 is 0 Å². The predicted molar refractivity (Wildman–Crippen MR) is 124 cm³/mol. The Hall–Kier alpha value is -3.64. The summed E-state index contributed by atoms with van der Waals surface area (Å²) in [6, 6.07) is 18.4. The van der Waals surface area contributed by atoms with Gasteiger partial charge in [0.05, 0.1) is 24.1 Å². The molecule has 0 atom stereocenters. The number of carbonyl (C=O) groups is 1. The molecular formula is C25H20ClFN2O3. The van der Waals surface area contributed by atoms with Gasteiger partial charge in [-0.2, -0.15) is 10.1 Å². The number of hydrogen-bond donors (Lipinski definition) is 0. The molecule has 162 valence electrons. The van der Waals surface area contributed by atoms with Crippen LogP contribution < -0.4 is 14.5 Å². The lowest BCUT2D eigenvalue weighted by Gasteiger charge is -2.12. The summed E-state index contributed by atoms with van der Waals surface area (Å²) in [7, 11) is 1.55. The Labute approximate surface area is 190 Å². The van der Waals surface area contributed by atoms with Gasteiger partial charge in [0.1, 0.15) is 12.4 Å². The molecule has 0 N–H and O–H groups in total. The summed E-state index contributed by atoms with van der Waals surface area (Å²) >= 11 is 5.94. The van der Waals surface area contributed by atoms with E-state index < -0.39 is 0 Å². The van der Waals surface area contributed by atoms with Crippen LogP contribution in [0.15, 0.2) is 77.4 Å². The number of halogens is 2. The molecule has 1 heterocycles. The van der Waals surface area contributed by atoms with E-state index in [1.165, 1.54) is 17.1 Å². The summed E-state index contributed by atoms with van der Waals surface area (Å²) in [6.45, 7) is 2.06. The second kappa shape index (κ2) is 9.24. The first-order valence-corrected chi connectivity index (χ1v) is 10.2. The van der Waals surface area contributed by atoms with Crippen LogP contribution in [0.4, 0.5) is 10.1 Å². The van der Waals surface area contributed by atoms with E-state index in [2.05, 4.69) is 5.10 Å². The molecule has 1 aliphatic rings. The fourth-order valence-electron chi connectivity index (χ4n) is 3.24. The van der Waals surface area contributed by atoms with Gasteiger partial charge in [0.15, 0.2) is 11.5 Å². The second-order valence-electron chi connectivity index (χ2n) is 7.16. The highest BCUT2D eigenvalue weighted by molar-refractivity contribution is 6.32. The molecule has 0 bridgehead atoms. The standard InChI is InChI=1S/C25H20ClFN2O3/c1-16-22(25(30)29(28-16)21-10-6-19(26)7-11-21)13-18-5-12-23(24(14-18)31-2)32-15-17-3-8-20(27)9-4-17/h3-14H,15H2,1-2H3/b22-13+. The Kier molecular flexibility index (Phi) is 6.23. The van der Waals surface area contributed by atoms with Gasteiger partial charge in [0.25, 0.3) is 5.91 Å². The maximum absolute atomic E-state index is 13.1. The Morgan fingerprint density at radius 3 is 2.44 bits per heavy atom. The molecule has 1 aliphatic heterocycles. The molecule has 0 aliphatic carbocycles. The number of rotatable bonds is 6. The van der Waals surface area contributed by atoms with Crippen LogP contribution >= 0.6 is 11.6 Å². The summed E-state index contributed by atoms with van der Waals surface area (Å²) in [6.07, 6.45) is 1.77. The van der Waals surface area contributed by atoms with E-state index in [4.69, 9.17) is 21.1 Å². The van der Waals surface area contributed by atoms with Gasteiger partial charge >= 0.3 is 0 Å². The summed E-state index contributed by atoms with van der Waals surface area (Å²) < 4.78 is 24.4. The molecule has 7 heteroatoms. The van der Waals surface area contributed by atoms with Crippen molar-refractivity contribution in [2.75, 3.05) is 12.1 Å². The van der Waals surface area contributed by atoms with Crippen molar-refractivity contribution in [2.24, 2.45) is 5.10 Å². The highest BCUT2D eigenvalue weighted by Gasteiger charge is 2.28. The normalized spacial score (nSPS) is 14.6. The average molecular weight is 451 g/mol. The van der Waals surface area contributed by atoms with Gasteiger partial charge in [-0.15, -0.1) is 0 Å². The van der Waals surface area contributed by atoms with Crippen molar-refractivity contribution in [3.05, 3.63) is 94.3 Å². The van der Waals surface area contributed by atoms with E-state index in [1.54, 1.807) is 68.6 Å². The topological polar surface area (TPSA) is 51.1 Å². The number of amides is 1. The van der Waals surface area contributed by atoms with Gasteiger partial charge in [-0.1, -0.05) is 29.8 Å². The van der Waals surface area contributed by atoms with Crippen molar-refractivity contribution in [3.63, 3.8) is 0 Å². The number of benzene rings is 3. The van der Waals surface area contributed by atoms with Crippen LogP contribution in [0, 0.1) is 5.82 Å². The van der Waals surface area contributed by atoms with Crippen LogP contribution in [-0.2, 0) is 11.4 Å². The van der Waals surface area contributed by atoms with E-state index in [0.717, 1.165) is 11.1 Å². The van der Waals surface area contributed by atoms with Crippen LogP contribution in [-0.4, -0.2) is 18.7 Å². The summed E-state index contributed by atoms with van der Waals surface area (Å²) in [5.74, 6) is 0.556. The quantitative estimate of drug-likeness (QED) is 0.441. The predicted octanol–water partition coefficient (Wildman–Crippen LogP) is 5.87. The van der Waals surface area contributed by atoms with Crippen LogP contribution in [0.5, 0.6) is 11.5 Å². The molecule has 0 saturated carbocycles. The third-order valence-electron chi connectivity index (χ3n) is 4.94. The van der Waals surface area contributed by atoms with Crippen molar-refractivity contribution in [1.82, 2.24) is 0 Å². The zero-order valence-electron chi connectivity index (χ0n) is 17.5. The van der Waals surface area contributed by atoms with Gasteiger partial charge in [-0.3, -0.25) is 4.79 Å². The van der Waals surface area contributed by atoms with Gasteiger partial charge in [-0.05, 0) is 72.7 Å². The Balaban J connectivity index is 1.53. The molecule has 4 rings (SSSR count). The van der Waals surface area contributed by atoms with E-state index in [9.17, 15) is 9.18 Å². The van der Waals surface area contributed by atoms with Crippen molar-refractivity contribution in [1.29, 1.82) is 0 Å². The maximum atomic E-state index is 13.1. The first-order chi connectivity index (χ1) is 15.4. The molecule has 3 aromatic carbocycles. The molecule has 32 heavy (non-hydrogen) atoms. The van der Waals surface area contributed by atoms with Crippen molar-refractivity contribution in [3.8, 4) is 11.5 Å². The fourth-order valence-corrected chi connectivity index (χ4v) is 3.37. The number of carbonyl (C=O) groups excluding carboxylic acids is 1. The Morgan fingerprint density at radius 2 is 1.75 bits per heavy atom. The summed E-state index contributed by atoms with van der Waals surface area (Å²) in [5, 5.41) is 6.33. The van der Waals surface area contributed by atoms with Gasteiger partial charge in [-0.25, -0.2) is 4.39 Å². The Bertz CT molecular complexity index is 1200. The zero-order chi connectivity index (χ0) is 22.7. The minimum Gasteiger partial charge on any atom is -0.493 e. The summed E-state index contributed by atoms with van der Waals surface area (Å²) in [4.78, 5) is 12.9.